The van der Waals surface area contributed by atoms with E-state index in [0.29, 0.717) is 5.69 Å². The van der Waals surface area contributed by atoms with Gasteiger partial charge in [-0.15, -0.1) is 0 Å². The summed E-state index contributed by atoms with van der Waals surface area (Å²) >= 11 is 0. The molecule has 0 saturated heterocycles. The van der Waals surface area contributed by atoms with Gasteiger partial charge in [0.25, 0.3) is 11.8 Å². The second kappa shape index (κ2) is 8.95. The van der Waals surface area contributed by atoms with Crippen molar-refractivity contribution in [2.45, 2.75) is 18.9 Å². The van der Waals surface area contributed by atoms with Gasteiger partial charge < -0.3 is 20.5 Å². The van der Waals surface area contributed by atoms with Crippen molar-refractivity contribution in [3.8, 4) is 0 Å². The molecule has 7 heteroatoms. The first-order valence-corrected chi connectivity index (χ1v) is 8.34. The Hall–Kier alpha value is -3.19. The van der Waals surface area contributed by atoms with E-state index in [1.165, 1.54) is 20.1 Å². The van der Waals surface area contributed by atoms with E-state index in [9.17, 15) is 19.5 Å². The van der Waals surface area contributed by atoms with Crippen molar-refractivity contribution in [3.63, 3.8) is 0 Å². The highest BCUT2D eigenvalue weighted by atomic mass is 16.5. The average Bonchev–Trinajstić information content (AvgIpc) is 2.66. The molecule has 0 fully saturated rings. The van der Waals surface area contributed by atoms with Crippen LogP contribution < -0.4 is 10.6 Å². The number of methoxy groups -OCH3 is 1. The highest BCUT2D eigenvalue weighted by Crippen LogP contribution is 2.17. The summed E-state index contributed by atoms with van der Waals surface area (Å²) in [5, 5.41) is 15.5. The lowest BCUT2D eigenvalue weighted by Gasteiger charge is -2.22. The van der Waals surface area contributed by atoms with Crippen LogP contribution in [0, 0.1) is 0 Å². The maximum atomic E-state index is 12.5. The summed E-state index contributed by atoms with van der Waals surface area (Å²) in [6.45, 7) is 1.18. The molecule has 0 radical (unpaired) electrons. The third-order valence-corrected chi connectivity index (χ3v) is 3.88. The van der Waals surface area contributed by atoms with E-state index in [1.54, 1.807) is 18.2 Å². The van der Waals surface area contributed by atoms with Crippen molar-refractivity contribution in [1.82, 2.24) is 5.32 Å². The van der Waals surface area contributed by atoms with Gasteiger partial charge in [-0.05, 0) is 30.7 Å². The number of carbonyl (C=O) groups is 3. The highest BCUT2D eigenvalue weighted by Gasteiger charge is 2.30. The molecule has 0 aliphatic heterocycles. The Kier molecular flexibility index (Phi) is 6.67. The van der Waals surface area contributed by atoms with Crippen LogP contribution in [0.2, 0.25) is 0 Å². The number of hydrogen-bond donors (Lipinski definition) is 3. The summed E-state index contributed by atoms with van der Waals surface area (Å²) in [7, 11) is 1.23. The number of nitrogens with one attached hydrogen (secondary N) is 2. The van der Waals surface area contributed by atoms with Crippen molar-refractivity contribution >= 4 is 23.5 Å². The Labute approximate surface area is 157 Å². The first-order chi connectivity index (χ1) is 12.8. The maximum absolute atomic E-state index is 12.5. The van der Waals surface area contributed by atoms with Crippen molar-refractivity contribution < 1.29 is 24.2 Å². The number of benzene rings is 2. The van der Waals surface area contributed by atoms with Gasteiger partial charge >= 0.3 is 5.97 Å². The first kappa shape index (κ1) is 20.1. The van der Waals surface area contributed by atoms with Crippen LogP contribution >= 0.6 is 0 Å². The zero-order valence-electron chi connectivity index (χ0n) is 15.2. The third-order valence-electron chi connectivity index (χ3n) is 3.88. The van der Waals surface area contributed by atoms with Gasteiger partial charge in [-0.25, -0.2) is 0 Å². The third kappa shape index (κ3) is 5.93. The molecule has 0 heterocycles. The normalized spacial score (nSPS) is 12.6. The van der Waals surface area contributed by atoms with Crippen LogP contribution in [0.1, 0.15) is 22.8 Å². The van der Waals surface area contributed by atoms with Gasteiger partial charge in [-0.2, -0.15) is 0 Å². The summed E-state index contributed by atoms with van der Waals surface area (Å²) in [6, 6.07) is 15.4. The number of amides is 2. The number of rotatable bonds is 7. The molecule has 0 aliphatic rings. The molecule has 2 amide bonds. The predicted molar refractivity (Wildman–Crippen MR) is 100 cm³/mol. The van der Waals surface area contributed by atoms with Gasteiger partial charge in [-0.1, -0.05) is 36.4 Å². The van der Waals surface area contributed by atoms with Crippen LogP contribution in [0.3, 0.4) is 0 Å². The van der Waals surface area contributed by atoms with Crippen LogP contribution in [0.5, 0.6) is 0 Å². The quantitative estimate of drug-likeness (QED) is 0.641. The molecule has 2 rings (SSSR count). The fourth-order valence-corrected chi connectivity index (χ4v) is 2.40. The molecule has 2 aromatic rings. The van der Waals surface area contributed by atoms with Gasteiger partial charge in [0.2, 0.25) is 0 Å². The predicted octanol–water partition coefficient (Wildman–Crippen LogP) is 1.52. The van der Waals surface area contributed by atoms with Gasteiger partial charge in [0, 0.05) is 17.7 Å². The molecule has 1 atom stereocenters. The molecule has 1 unspecified atom stereocenters. The number of aliphatic hydroxyl groups is 1. The molecule has 2 aromatic carbocycles. The molecule has 0 aliphatic carbocycles. The number of carbonyl (C=O) groups excluding carboxylic acids is 3. The molecule has 0 bridgehead atoms. The molecular formula is C20H22N2O5. The lowest BCUT2D eigenvalue weighted by atomic mass is 9.95. The van der Waals surface area contributed by atoms with Crippen LogP contribution in [0.4, 0.5) is 5.69 Å². The molecule has 27 heavy (non-hydrogen) atoms. The van der Waals surface area contributed by atoms with Gasteiger partial charge in [0.15, 0.2) is 0 Å². The Balaban J connectivity index is 2.03. The summed E-state index contributed by atoms with van der Waals surface area (Å²) in [4.78, 5) is 35.6. The first-order valence-electron chi connectivity index (χ1n) is 8.34. The Morgan fingerprint density at radius 3 is 2.44 bits per heavy atom. The summed E-state index contributed by atoms with van der Waals surface area (Å²) in [5.74, 6) is -1.63. The van der Waals surface area contributed by atoms with E-state index >= 15 is 0 Å². The van der Waals surface area contributed by atoms with E-state index in [4.69, 9.17) is 0 Å². The van der Waals surface area contributed by atoms with Gasteiger partial charge in [0.05, 0.1) is 7.11 Å². The molecular weight excluding hydrogens is 348 g/mol. The number of ether oxygens (including phenoxy) is 1. The van der Waals surface area contributed by atoms with E-state index < -0.39 is 23.4 Å². The number of esters is 1. The summed E-state index contributed by atoms with van der Waals surface area (Å²) in [5.41, 5.74) is -0.170. The zero-order valence-corrected chi connectivity index (χ0v) is 15.2. The SMILES string of the molecule is COC(=O)CNC(=O)c1cccc(NC(=O)C(C)(O)Cc2ccccc2)c1. The number of hydrogen-bond acceptors (Lipinski definition) is 5. The van der Waals surface area contributed by atoms with E-state index in [-0.39, 0.29) is 18.5 Å². The Morgan fingerprint density at radius 1 is 1.07 bits per heavy atom. The average molecular weight is 370 g/mol. The standard InChI is InChI=1S/C20H22N2O5/c1-20(26,12-14-7-4-3-5-8-14)19(25)22-16-10-6-9-15(11-16)18(24)21-13-17(23)27-2/h3-11,26H,12-13H2,1-2H3,(H,21,24)(H,22,25). The smallest absolute Gasteiger partial charge is 0.325 e. The van der Waals surface area contributed by atoms with Crippen molar-refractivity contribution in [1.29, 1.82) is 0 Å². The minimum atomic E-state index is -1.62. The topological polar surface area (TPSA) is 105 Å². The fourth-order valence-electron chi connectivity index (χ4n) is 2.40. The monoisotopic (exact) mass is 370 g/mol. The molecule has 142 valence electrons. The highest BCUT2D eigenvalue weighted by molar-refractivity contribution is 6.00. The van der Waals surface area contributed by atoms with Gasteiger partial charge in [-0.3, -0.25) is 14.4 Å². The lowest BCUT2D eigenvalue weighted by Crippen LogP contribution is -2.42. The second-order valence-corrected chi connectivity index (χ2v) is 6.23. The lowest BCUT2D eigenvalue weighted by molar-refractivity contribution is -0.139. The molecule has 0 spiro atoms. The summed E-state index contributed by atoms with van der Waals surface area (Å²) < 4.78 is 4.46. The second-order valence-electron chi connectivity index (χ2n) is 6.23. The molecule has 0 saturated carbocycles. The van der Waals surface area contributed by atoms with E-state index in [1.807, 2.05) is 30.3 Å². The maximum Gasteiger partial charge on any atom is 0.325 e. The van der Waals surface area contributed by atoms with Crippen LogP contribution in [0.15, 0.2) is 54.6 Å². The molecule has 7 nitrogen and oxygen atoms in total. The van der Waals surface area contributed by atoms with Crippen molar-refractivity contribution in [2.24, 2.45) is 0 Å². The van der Waals surface area contributed by atoms with Crippen molar-refractivity contribution in [2.75, 3.05) is 19.0 Å². The van der Waals surface area contributed by atoms with Crippen LogP contribution in [0.25, 0.3) is 0 Å². The largest absolute Gasteiger partial charge is 0.468 e. The minimum Gasteiger partial charge on any atom is -0.468 e. The zero-order chi connectivity index (χ0) is 19.9. The van der Waals surface area contributed by atoms with E-state index in [2.05, 4.69) is 15.4 Å². The summed E-state index contributed by atoms with van der Waals surface area (Å²) in [6.07, 6.45) is 0.152. The minimum absolute atomic E-state index is 0.152. The molecule has 0 aromatic heterocycles. The van der Waals surface area contributed by atoms with Crippen LogP contribution in [-0.2, 0) is 20.7 Å². The van der Waals surface area contributed by atoms with Gasteiger partial charge in [0.1, 0.15) is 12.1 Å². The van der Waals surface area contributed by atoms with Crippen LogP contribution in [-0.4, -0.2) is 42.1 Å². The van der Waals surface area contributed by atoms with E-state index in [0.717, 1.165) is 5.56 Å². The molecule has 3 N–H and O–H groups in total. The fraction of sp³-hybridized carbons (Fsp3) is 0.250. The Morgan fingerprint density at radius 2 is 1.78 bits per heavy atom. The Bertz CT molecular complexity index is 818. The number of anilines is 1. The van der Waals surface area contributed by atoms with Crippen molar-refractivity contribution in [3.05, 3.63) is 65.7 Å².